The van der Waals surface area contributed by atoms with Crippen molar-refractivity contribution in [1.29, 1.82) is 0 Å². The van der Waals surface area contributed by atoms with Crippen LogP contribution in [0, 0.1) is 23.7 Å². The first-order valence-electron chi connectivity index (χ1n) is 13.0. The number of hydrogen-bond donors (Lipinski definition) is 0. The Hall–Kier alpha value is -1.16. The van der Waals surface area contributed by atoms with Gasteiger partial charge in [-0.25, -0.2) is 4.89 Å². The molecule has 0 N–H and O–H groups in total. The minimum atomic E-state index is -0.480. The molecule has 3 heteroatoms. The third-order valence-electron chi connectivity index (χ3n) is 9.28. The van der Waals surface area contributed by atoms with Crippen LogP contribution in [0.2, 0.25) is 0 Å². The summed E-state index contributed by atoms with van der Waals surface area (Å²) in [6.07, 6.45) is 15.9. The van der Waals surface area contributed by atoms with Crippen LogP contribution in [0.1, 0.15) is 94.1 Å². The molecule has 1 unspecified atom stereocenters. The monoisotopic (exact) mass is 422 g/mol. The highest BCUT2D eigenvalue weighted by Gasteiger charge is 2.61. The van der Waals surface area contributed by atoms with E-state index in [-0.39, 0.29) is 6.10 Å². The Morgan fingerprint density at radius 3 is 2.00 bits per heavy atom. The van der Waals surface area contributed by atoms with E-state index in [0.717, 1.165) is 28.9 Å². The Balaban J connectivity index is 1.10. The van der Waals surface area contributed by atoms with Crippen molar-refractivity contribution in [3.8, 4) is 0 Å². The van der Waals surface area contributed by atoms with Gasteiger partial charge in [0.25, 0.3) is 0 Å². The second-order valence-corrected chi connectivity index (χ2v) is 11.2. The zero-order chi connectivity index (χ0) is 20.8. The molecular weight excluding hydrogens is 384 g/mol. The van der Waals surface area contributed by atoms with E-state index in [1.54, 1.807) is 0 Å². The van der Waals surface area contributed by atoms with Crippen LogP contribution in [0.3, 0.4) is 0 Å². The maximum Gasteiger partial charge on any atom is 0.207 e. The Labute approximate surface area is 187 Å². The van der Waals surface area contributed by atoms with Crippen molar-refractivity contribution >= 4 is 5.57 Å². The lowest BCUT2D eigenvalue weighted by Crippen LogP contribution is -2.63. The van der Waals surface area contributed by atoms with Gasteiger partial charge in [-0.15, -0.1) is 0 Å². The molecule has 1 aromatic rings. The third-order valence-corrected chi connectivity index (χ3v) is 9.28. The Morgan fingerprint density at radius 2 is 1.42 bits per heavy atom. The molecule has 5 aliphatic carbocycles. The van der Waals surface area contributed by atoms with Crippen molar-refractivity contribution in [2.45, 2.75) is 94.9 Å². The second-order valence-electron chi connectivity index (χ2n) is 11.2. The van der Waals surface area contributed by atoms with E-state index in [2.05, 4.69) is 30.8 Å². The fourth-order valence-corrected chi connectivity index (χ4v) is 7.71. The molecule has 0 radical (unpaired) electrons. The summed E-state index contributed by atoms with van der Waals surface area (Å²) in [7, 11) is 0. The van der Waals surface area contributed by atoms with Crippen molar-refractivity contribution < 1.29 is 14.5 Å². The smallest absolute Gasteiger partial charge is 0.207 e. The van der Waals surface area contributed by atoms with E-state index in [4.69, 9.17) is 14.5 Å². The molecule has 0 aromatic heterocycles. The highest BCUT2D eigenvalue weighted by atomic mass is 17.2. The van der Waals surface area contributed by atoms with Crippen LogP contribution in [0.25, 0.3) is 5.57 Å². The molecule has 168 valence electrons. The van der Waals surface area contributed by atoms with Gasteiger partial charge in [-0.1, -0.05) is 62.9 Å². The molecule has 1 spiro atoms. The van der Waals surface area contributed by atoms with Crippen LogP contribution < -0.4 is 0 Å². The van der Waals surface area contributed by atoms with Crippen LogP contribution in [0.15, 0.2) is 30.8 Å². The van der Waals surface area contributed by atoms with Gasteiger partial charge in [0.05, 0.1) is 6.61 Å². The number of hydrogen-bond acceptors (Lipinski definition) is 3. The van der Waals surface area contributed by atoms with Gasteiger partial charge in [0.2, 0.25) is 5.79 Å². The van der Waals surface area contributed by atoms with E-state index in [9.17, 15) is 0 Å². The quantitative estimate of drug-likeness (QED) is 0.490. The molecule has 31 heavy (non-hydrogen) atoms. The summed E-state index contributed by atoms with van der Waals surface area (Å²) in [6.45, 7) is 4.92. The Kier molecular flexibility index (Phi) is 5.49. The molecule has 1 saturated heterocycles. The first kappa shape index (κ1) is 20.4. The minimum Gasteiger partial charge on any atom is -0.344 e. The fraction of sp³-hybridized carbons (Fsp3) is 0.714. The van der Waals surface area contributed by atoms with E-state index in [0.29, 0.717) is 18.4 Å². The van der Waals surface area contributed by atoms with E-state index in [1.807, 2.05) is 0 Å². The molecule has 4 bridgehead atoms. The summed E-state index contributed by atoms with van der Waals surface area (Å²) in [4.78, 5) is 12.2. The van der Waals surface area contributed by atoms with Crippen molar-refractivity contribution in [1.82, 2.24) is 0 Å². The SMILES string of the molecule is C=C(c1ccc(C2CCCCCCC2)cc1)C1COC2(OO1)C1CC3CC(C1)CC2C3. The van der Waals surface area contributed by atoms with Crippen LogP contribution in [0.4, 0.5) is 0 Å². The Bertz CT molecular complexity index is 751. The molecule has 7 rings (SSSR count). The van der Waals surface area contributed by atoms with E-state index >= 15 is 0 Å². The molecule has 1 aliphatic heterocycles. The highest BCUT2D eigenvalue weighted by molar-refractivity contribution is 5.67. The Morgan fingerprint density at radius 1 is 0.806 bits per heavy atom. The maximum atomic E-state index is 6.53. The number of ether oxygens (including phenoxy) is 1. The number of rotatable bonds is 3. The summed E-state index contributed by atoms with van der Waals surface area (Å²) < 4.78 is 6.53. The molecule has 1 atom stereocenters. The average molecular weight is 423 g/mol. The first-order chi connectivity index (χ1) is 15.2. The lowest BCUT2D eigenvalue weighted by Gasteiger charge is -2.60. The van der Waals surface area contributed by atoms with Gasteiger partial charge in [-0.3, -0.25) is 0 Å². The third kappa shape index (κ3) is 3.71. The summed E-state index contributed by atoms with van der Waals surface area (Å²) in [5.74, 6) is 3.06. The zero-order valence-electron chi connectivity index (χ0n) is 18.9. The zero-order valence-corrected chi connectivity index (χ0v) is 18.9. The van der Waals surface area contributed by atoms with Crippen LogP contribution in [-0.4, -0.2) is 18.5 Å². The molecule has 6 fully saturated rings. The number of benzene rings is 1. The van der Waals surface area contributed by atoms with Crippen LogP contribution >= 0.6 is 0 Å². The van der Waals surface area contributed by atoms with Crippen molar-refractivity contribution in [3.63, 3.8) is 0 Å². The molecule has 3 nitrogen and oxygen atoms in total. The van der Waals surface area contributed by atoms with Crippen LogP contribution in [-0.2, 0) is 14.5 Å². The van der Waals surface area contributed by atoms with Gasteiger partial charge >= 0.3 is 0 Å². The molecule has 6 aliphatic rings. The van der Waals surface area contributed by atoms with Gasteiger partial charge in [-0.2, -0.15) is 4.89 Å². The maximum absolute atomic E-state index is 6.53. The molecule has 1 aromatic carbocycles. The molecule has 5 saturated carbocycles. The summed E-state index contributed by atoms with van der Waals surface area (Å²) in [5, 5.41) is 0. The van der Waals surface area contributed by atoms with Crippen molar-refractivity contribution in [2.75, 3.05) is 6.61 Å². The van der Waals surface area contributed by atoms with Gasteiger partial charge in [0.1, 0.15) is 6.10 Å². The second kappa shape index (κ2) is 8.32. The van der Waals surface area contributed by atoms with Crippen molar-refractivity contribution in [2.24, 2.45) is 23.7 Å². The summed E-state index contributed by atoms with van der Waals surface area (Å²) in [6, 6.07) is 9.09. The highest BCUT2D eigenvalue weighted by Crippen LogP contribution is 2.60. The molecule has 1 heterocycles. The lowest BCUT2D eigenvalue weighted by atomic mass is 9.53. The fourth-order valence-electron chi connectivity index (χ4n) is 7.71. The topological polar surface area (TPSA) is 27.7 Å². The van der Waals surface area contributed by atoms with Crippen LogP contribution in [0.5, 0.6) is 0 Å². The molecule has 0 amide bonds. The predicted octanol–water partition coefficient (Wildman–Crippen LogP) is 7.03. The normalized spacial score (nSPS) is 40.6. The van der Waals surface area contributed by atoms with Crippen molar-refractivity contribution in [3.05, 3.63) is 42.0 Å². The van der Waals surface area contributed by atoms with Gasteiger partial charge < -0.3 is 4.74 Å². The standard InChI is InChI=1S/C28H38O3/c1-19(22-9-11-24(12-10-22)23-7-5-3-2-4-6-8-23)27-18-29-28(31-30-27)25-14-20-13-21(16-25)17-26(28)15-20/h9-12,20-21,23,25-27H,1-8,13-18H2. The van der Waals surface area contributed by atoms with E-state index < -0.39 is 5.79 Å². The van der Waals surface area contributed by atoms with Gasteiger partial charge in [0, 0.05) is 11.8 Å². The van der Waals surface area contributed by atoms with Gasteiger partial charge in [-0.05, 0) is 79.4 Å². The lowest BCUT2D eigenvalue weighted by molar-refractivity contribution is -0.517. The summed E-state index contributed by atoms with van der Waals surface area (Å²) in [5.41, 5.74) is 3.61. The molecular formula is C28H38O3. The predicted molar refractivity (Wildman–Crippen MR) is 122 cm³/mol. The first-order valence-corrected chi connectivity index (χ1v) is 13.0. The summed E-state index contributed by atoms with van der Waals surface area (Å²) >= 11 is 0. The van der Waals surface area contributed by atoms with Gasteiger partial charge in [0.15, 0.2) is 0 Å². The average Bonchev–Trinajstić information content (AvgIpc) is 2.77. The largest absolute Gasteiger partial charge is 0.344 e. The van der Waals surface area contributed by atoms with E-state index in [1.165, 1.54) is 82.6 Å². The minimum absolute atomic E-state index is 0.213.